The number of nitrogens with zero attached hydrogens (tertiary/aromatic N) is 2. The van der Waals surface area contributed by atoms with Crippen LogP contribution in [0.1, 0.15) is 17.9 Å². The molecule has 1 aromatic heterocycles. The lowest BCUT2D eigenvalue weighted by Crippen LogP contribution is -2.13. The van der Waals surface area contributed by atoms with Gasteiger partial charge in [-0.05, 0) is 18.1 Å². The van der Waals surface area contributed by atoms with Gasteiger partial charge in [-0.25, -0.2) is 4.98 Å². The van der Waals surface area contributed by atoms with Crippen molar-refractivity contribution >= 4 is 5.69 Å². The zero-order valence-corrected chi connectivity index (χ0v) is 14.7. The second kappa shape index (κ2) is 7.79. The van der Waals surface area contributed by atoms with Crippen molar-refractivity contribution in [1.29, 1.82) is 0 Å². The molecular weight excluding hydrogens is 360 g/mol. The molecule has 7 nitrogen and oxygen atoms in total. The van der Waals surface area contributed by atoms with E-state index < -0.39 is 4.92 Å². The van der Waals surface area contributed by atoms with Gasteiger partial charge in [0.05, 0.1) is 4.92 Å². The fourth-order valence-corrected chi connectivity index (χ4v) is 3.06. The third-order valence-corrected chi connectivity index (χ3v) is 4.34. The maximum Gasteiger partial charge on any atom is 0.331 e. The van der Waals surface area contributed by atoms with Crippen LogP contribution in [-0.4, -0.2) is 9.91 Å². The molecule has 0 saturated heterocycles. The number of benzene rings is 1. The summed E-state index contributed by atoms with van der Waals surface area (Å²) in [4.78, 5) is 14.5. The van der Waals surface area contributed by atoms with E-state index in [1.165, 1.54) is 30.9 Å². The van der Waals surface area contributed by atoms with Crippen LogP contribution in [0.3, 0.4) is 0 Å². The standard InChI is InChI=1S/C21H16N2O5/c24-23(25)18-11-6-12-22-21(18)28-20-14-26-13-19(27-20)17-10-5-4-9-16(17)15-7-2-1-3-8-15/h1-8,10-14,16H,9H2. The number of hydrogen-bond acceptors (Lipinski definition) is 6. The van der Waals surface area contributed by atoms with Crippen molar-refractivity contribution in [3.8, 4) is 5.88 Å². The number of rotatable bonds is 5. The minimum absolute atomic E-state index is 0.0263. The van der Waals surface area contributed by atoms with Crippen molar-refractivity contribution in [3.05, 3.63) is 112 Å². The topological polar surface area (TPSA) is 83.7 Å². The second-order valence-electron chi connectivity index (χ2n) is 6.09. The lowest BCUT2D eigenvalue weighted by atomic mass is 9.84. The van der Waals surface area contributed by atoms with Gasteiger partial charge in [0.15, 0.2) is 12.0 Å². The highest BCUT2D eigenvalue weighted by atomic mass is 16.7. The molecule has 0 N–H and O–H groups in total. The number of pyridine rings is 1. The van der Waals surface area contributed by atoms with Crippen LogP contribution in [0.5, 0.6) is 5.88 Å². The Bertz CT molecular complexity index is 1010. The molecule has 4 rings (SSSR count). The van der Waals surface area contributed by atoms with Gasteiger partial charge < -0.3 is 14.2 Å². The molecule has 0 saturated carbocycles. The molecule has 0 bridgehead atoms. The molecule has 1 unspecified atom stereocenters. The number of nitro groups is 1. The van der Waals surface area contributed by atoms with Crippen molar-refractivity contribution in [2.75, 3.05) is 0 Å². The van der Waals surface area contributed by atoms with E-state index >= 15 is 0 Å². The minimum atomic E-state index is -0.566. The third kappa shape index (κ3) is 3.64. The summed E-state index contributed by atoms with van der Waals surface area (Å²) in [6.07, 6.45) is 11.0. The van der Waals surface area contributed by atoms with Crippen LogP contribution >= 0.6 is 0 Å². The summed E-state index contributed by atoms with van der Waals surface area (Å²) in [5.74, 6) is 0.390. The lowest BCUT2D eigenvalue weighted by molar-refractivity contribution is -0.386. The van der Waals surface area contributed by atoms with Crippen molar-refractivity contribution in [1.82, 2.24) is 4.98 Å². The Hall–Kier alpha value is -3.87. The molecular formula is C21H16N2O5. The van der Waals surface area contributed by atoms with Gasteiger partial charge in [-0.1, -0.05) is 48.6 Å². The molecule has 140 valence electrons. The summed E-state index contributed by atoms with van der Waals surface area (Å²) < 4.78 is 16.7. The van der Waals surface area contributed by atoms with E-state index in [-0.39, 0.29) is 23.4 Å². The second-order valence-corrected chi connectivity index (χ2v) is 6.09. The fraction of sp³-hybridized carbons (Fsp3) is 0.0952. The molecule has 1 aliphatic heterocycles. The summed E-state index contributed by atoms with van der Waals surface area (Å²) in [5.41, 5.74) is 1.82. The molecule has 0 spiro atoms. The molecule has 1 atom stereocenters. The molecule has 2 aliphatic rings. The van der Waals surface area contributed by atoms with E-state index in [1.54, 1.807) is 0 Å². The number of aromatic nitrogens is 1. The predicted molar refractivity (Wildman–Crippen MR) is 101 cm³/mol. The Balaban J connectivity index is 1.55. The van der Waals surface area contributed by atoms with E-state index in [2.05, 4.69) is 23.2 Å². The first-order chi connectivity index (χ1) is 13.7. The molecule has 0 amide bonds. The highest BCUT2D eigenvalue weighted by molar-refractivity contribution is 5.44. The van der Waals surface area contributed by atoms with Gasteiger partial charge in [0.2, 0.25) is 0 Å². The van der Waals surface area contributed by atoms with Crippen LogP contribution in [0.25, 0.3) is 0 Å². The van der Waals surface area contributed by atoms with Gasteiger partial charge >= 0.3 is 17.5 Å². The summed E-state index contributed by atoms with van der Waals surface area (Å²) >= 11 is 0. The maximum atomic E-state index is 11.1. The van der Waals surface area contributed by atoms with Gasteiger partial charge in [-0.3, -0.25) is 10.1 Å². The van der Waals surface area contributed by atoms with E-state index in [4.69, 9.17) is 14.2 Å². The number of allylic oxidation sites excluding steroid dienone is 4. The first-order valence-electron chi connectivity index (χ1n) is 8.65. The maximum absolute atomic E-state index is 11.1. The third-order valence-electron chi connectivity index (χ3n) is 4.34. The molecule has 0 fully saturated rings. The van der Waals surface area contributed by atoms with Crippen LogP contribution < -0.4 is 4.74 Å². The van der Waals surface area contributed by atoms with Crippen LogP contribution in [0, 0.1) is 10.1 Å². The average molecular weight is 376 g/mol. The fourth-order valence-electron chi connectivity index (χ4n) is 3.06. The smallest absolute Gasteiger partial charge is 0.331 e. The van der Waals surface area contributed by atoms with Gasteiger partial charge in [0.1, 0.15) is 6.26 Å². The molecule has 7 heteroatoms. The van der Waals surface area contributed by atoms with Crippen molar-refractivity contribution < 1.29 is 19.1 Å². The predicted octanol–water partition coefficient (Wildman–Crippen LogP) is 4.73. The monoisotopic (exact) mass is 376 g/mol. The van der Waals surface area contributed by atoms with E-state index in [1.807, 2.05) is 30.4 Å². The first-order valence-corrected chi connectivity index (χ1v) is 8.65. The van der Waals surface area contributed by atoms with E-state index in [9.17, 15) is 10.1 Å². The van der Waals surface area contributed by atoms with Gasteiger partial charge in [-0.15, -0.1) is 0 Å². The Labute approximate surface area is 161 Å². The van der Waals surface area contributed by atoms with Crippen LogP contribution in [0.4, 0.5) is 5.69 Å². The minimum Gasteiger partial charge on any atom is -0.461 e. The zero-order valence-electron chi connectivity index (χ0n) is 14.7. The normalized spacial score (nSPS) is 18.1. The van der Waals surface area contributed by atoms with E-state index in [0.717, 1.165) is 17.6 Å². The molecule has 28 heavy (non-hydrogen) atoms. The van der Waals surface area contributed by atoms with E-state index in [0.29, 0.717) is 5.76 Å². The summed E-state index contributed by atoms with van der Waals surface area (Å²) in [7, 11) is 0. The van der Waals surface area contributed by atoms with Crippen LogP contribution in [0.15, 0.2) is 96.7 Å². The Morgan fingerprint density at radius 1 is 1.14 bits per heavy atom. The van der Waals surface area contributed by atoms with Crippen molar-refractivity contribution in [2.24, 2.45) is 0 Å². The average Bonchev–Trinajstić information content (AvgIpc) is 2.75. The Morgan fingerprint density at radius 2 is 2.00 bits per heavy atom. The van der Waals surface area contributed by atoms with Gasteiger partial charge in [0, 0.05) is 23.8 Å². The first kappa shape index (κ1) is 17.5. The summed E-state index contributed by atoms with van der Waals surface area (Å²) in [6, 6.07) is 12.9. The van der Waals surface area contributed by atoms with Crippen LogP contribution in [-0.2, 0) is 9.47 Å². The largest absolute Gasteiger partial charge is 0.461 e. The highest BCUT2D eigenvalue weighted by Crippen LogP contribution is 2.38. The van der Waals surface area contributed by atoms with Gasteiger partial charge in [0.25, 0.3) is 0 Å². The SMILES string of the molecule is O=[N+]([O-])c1cccnc1OC1=COC=C(C2=CC=CCC2c2ccccc2)O1. The zero-order chi connectivity index (χ0) is 19.3. The Kier molecular flexibility index (Phi) is 4.88. The molecule has 1 aromatic carbocycles. The lowest BCUT2D eigenvalue weighted by Gasteiger charge is -2.25. The summed E-state index contributed by atoms with van der Waals surface area (Å²) in [6.45, 7) is 0. The number of ether oxygens (including phenoxy) is 3. The quantitative estimate of drug-likeness (QED) is 0.554. The molecule has 2 heterocycles. The van der Waals surface area contributed by atoms with Crippen molar-refractivity contribution in [3.63, 3.8) is 0 Å². The highest BCUT2D eigenvalue weighted by Gasteiger charge is 2.26. The van der Waals surface area contributed by atoms with Gasteiger partial charge in [-0.2, -0.15) is 0 Å². The number of hydrogen-bond donors (Lipinski definition) is 0. The molecule has 1 aliphatic carbocycles. The molecule has 2 aromatic rings. The van der Waals surface area contributed by atoms with Crippen LogP contribution in [0.2, 0.25) is 0 Å². The van der Waals surface area contributed by atoms with Crippen molar-refractivity contribution in [2.45, 2.75) is 12.3 Å². The molecule has 0 radical (unpaired) electrons. The Morgan fingerprint density at radius 3 is 2.82 bits per heavy atom. The summed E-state index contributed by atoms with van der Waals surface area (Å²) in [5, 5.41) is 11.1.